The summed E-state index contributed by atoms with van der Waals surface area (Å²) in [5, 5.41) is 3.88. The molecule has 0 radical (unpaired) electrons. The summed E-state index contributed by atoms with van der Waals surface area (Å²) in [6, 6.07) is 15.5. The van der Waals surface area contributed by atoms with Crippen molar-refractivity contribution < 1.29 is 4.79 Å². The Bertz CT molecular complexity index is 863. The maximum Gasteiger partial charge on any atom is 0.228 e. The zero-order valence-electron chi connectivity index (χ0n) is 13.1. The first-order valence-electron chi connectivity index (χ1n) is 7.40. The summed E-state index contributed by atoms with van der Waals surface area (Å²) in [4.78, 5) is 17.6. The van der Waals surface area contributed by atoms with Gasteiger partial charge in [0.25, 0.3) is 0 Å². The highest BCUT2D eigenvalue weighted by molar-refractivity contribution is 9.10. The fourth-order valence-electron chi connectivity index (χ4n) is 2.23. The molecule has 3 aromatic rings. The van der Waals surface area contributed by atoms with Crippen molar-refractivity contribution in [1.82, 2.24) is 9.55 Å². The number of benzene rings is 2. The molecule has 0 saturated carbocycles. The molecule has 0 saturated heterocycles. The second kappa shape index (κ2) is 7.68. The Morgan fingerprint density at radius 1 is 1.25 bits per heavy atom. The maximum absolute atomic E-state index is 12.4. The van der Waals surface area contributed by atoms with Gasteiger partial charge in [-0.2, -0.15) is 0 Å². The predicted octanol–water partition coefficient (Wildman–Crippen LogP) is 4.52. The average Bonchev–Trinajstić information content (AvgIpc) is 2.94. The molecule has 0 aliphatic carbocycles. The van der Waals surface area contributed by atoms with Crippen LogP contribution < -0.4 is 5.32 Å². The van der Waals surface area contributed by atoms with Crippen LogP contribution in [-0.2, 0) is 18.3 Å². The van der Waals surface area contributed by atoms with Gasteiger partial charge in [-0.25, -0.2) is 4.98 Å². The number of anilines is 1. The van der Waals surface area contributed by atoms with E-state index in [2.05, 4.69) is 26.2 Å². The van der Waals surface area contributed by atoms with Crippen LogP contribution in [0.1, 0.15) is 5.56 Å². The van der Waals surface area contributed by atoms with Crippen LogP contribution in [0.5, 0.6) is 0 Å². The van der Waals surface area contributed by atoms with Gasteiger partial charge >= 0.3 is 0 Å². The molecule has 4 nitrogen and oxygen atoms in total. The molecule has 0 spiro atoms. The Morgan fingerprint density at radius 2 is 2.08 bits per heavy atom. The summed E-state index contributed by atoms with van der Waals surface area (Å²) in [5.41, 5.74) is 1.77. The summed E-state index contributed by atoms with van der Waals surface area (Å²) in [6.45, 7) is 0. The van der Waals surface area contributed by atoms with E-state index in [4.69, 9.17) is 0 Å². The number of hydrogen-bond acceptors (Lipinski definition) is 3. The van der Waals surface area contributed by atoms with Crippen molar-refractivity contribution in [2.45, 2.75) is 16.5 Å². The lowest BCUT2D eigenvalue weighted by molar-refractivity contribution is -0.115. The fourth-order valence-corrected chi connectivity index (χ4v) is 3.57. The highest BCUT2D eigenvalue weighted by Gasteiger charge is 2.10. The van der Waals surface area contributed by atoms with Gasteiger partial charge in [-0.1, -0.05) is 40.2 Å². The number of para-hydroxylation sites is 1. The minimum absolute atomic E-state index is 0.0407. The Morgan fingerprint density at radius 3 is 2.83 bits per heavy atom. The average molecular weight is 402 g/mol. The Hall–Kier alpha value is -2.05. The van der Waals surface area contributed by atoms with Crippen molar-refractivity contribution in [3.63, 3.8) is 0 Å². The van der Waals surface area contributed by atoms with E-state index in [0.717, 1.165) is 25.8 Å². The predicted molar refractivity (Wildman–Crippen MR) is 100 cm³/mol. The van der Waals surface area contributed by atoms with Gasteiger partial charge in [-0.05, 0) is 41.6 Å². The second-order valence-corrected chi connectivity index (χ2v) is 7.20. The molecule has 2 aromatic carbocycles. The first-order valence-corrected chi connectivity index (χ1v) is 9.01. The molecule has 3 rings (SSSR count). The van der Waals surface area contributed by atoms with Crippen LogP contribution in [0.4, 0.5) is 5.69 Å². The number of aryl methyl sites for hydroxylation is 1. The zero-order chi connectivity index (χ0) is 16.9. The lowest BCUT2D eigenvalue weighted by atomic mass is 10.1. The highest BCUT2D eigenvalue weighted by atomic mass is 79.9. The van der Waals surface area contributed by atoms with Gasteiger partial charge in [0.05, 0.1) is 12.1 Å². The van der Waals surface area contributed by atoms with Crippen molar-refractivity contribution >= 4 is 39.3 Å². The van der Waals surface area contributed by atoms with E-state index in [1.165, 1.54) is 11.8 Å². The first kappa shape index (κ1) is 16.8. The molecular formula is C18H16BrN3OS. The number of carbonyl (C=O) groups excluding carboxylic acids is 1. The van der Waals surface area contributed by atoms with Gasteiger partial charge in [0.2, 0.25) is 5.91 Å². The molecule has 0 unspecified atom stereocenters. The number of halogens is 1. The van der Waals surface area contributed by atoms with Crippen molar-refractivity contribution in [2.75, 3.05) is 5.32 Å². The molecule has 1 amide bonds. The van der Waals surface area contributed by atoms with E-state index < -0.39 is 0 Å². The molecular weight excluding hydrogens is 386 g/mol. The maximum atomic E-state index is 12.4. The molecule has 122 valence electrons. The minimum Gasteiger partial charge on any atom is -0.329 e. The third-order valence-corrected chi connectivity index (χ3v) is 5.04. The lowest BCUT2D eigenvalue weighted by Crippen LogP contribution is -2.15. The smallest absolute Gasteiger partial charge is 0.228 e. The quantitative estimate of drug-likeness (QED) is 0.683. The van der Waals surface area contributed by atoms with E-state index in [1.54, 1.807) is 6.20 Å². The van der Waals surface area contributed by atoms with Crippen molar-refractivity contribution in [1.29, 1.82) is 0 Å². The van der Waals surface area contributed by atoms with E-state index in [0.29, 0.717) is 6.42 Å². The number of carbonyl (C=O) groups is 1. The van der Waals surface area contributed by atoms with Crippen molar-refractivity contribution in [3.05, 3.63) is 71.0 Å². The van der Waals surface area contributed by atoms with Crippen LogP contribution in [-0.4, -0.2) is 15.5 Å². The van der Waals surface area contributed by atoms with E-state index in [-0.39, 0.29) is 5.91 Å². The van der Waals surface area contributed by atoms with Crippen LogP contribution in [0.25, 0.3) is 0 Å². The van der Waals surface area contributed by atoms with Crippen LogP contribution in [0, 0.1) is 0 Å². The van der Waals surface area contributed by atoms with Gasteiger partial charge in [-0.3, -0.25) is 4.79 Å². The molecule has 1 N–H and O–H groups in total. The summed E-state index contributed by atoms with van der Waals surface area (Å²) < 4.78 is 2.92. The number of hydrogen-bond donors (Lipinski definition) is 1. The summed E-state index contributed by atoms with van der Waals surface area (Å²) in [7, 11) is 1.95. The third kappa shape index (κ3) is 4.27. The zero-order valence-corrected chi connectivity index (χ0v) is 15.5. The lowest BCUT2D eigenvalue weighted by Gasteiger charge is -2.11. The third-order valence-electron chi connectivity index (χ3n) is 3.39. The second-order valence-electron chi connectivity index (χ2n) is 5.27. The standard InChI is InChI=1S/C18H16BrN3OS/c1-22-10-9-20-18(22)24-16-8-3-2-7-15(16)21-17(23)12-13-5-4-6-14(19)11-13/h2-11H,12H2,1H3,(H,21,23). The van der Waals surface area contributed by atoms with E-state index >= 15 is 0 Å². The van der Waals surface area contributed by atoms with Crippen LogP contribution in [0.15, 0.2) is 75.4 Å². The van der Waals surface area contributed by atoms with Crippen LogP contribution in [0.2, 0.25) is 0 Å². The number of nitrogens with one attached hydrogen (secondary N) is 1. The normalized spacial score (nSPS) is 10.6. The number of nitrogens with zero attached hydrogens (tertiary/aromatic N) is 2. The molecule has 0 aliphatic rings. The van der Waals surface area contributed by atoms with Crippen LogP contribution in [0.3, 0.4) is 0 Å². The van der Waals surface area contributed by atoms with E-state index in [1.807, 2.05) is 66.3 Å². The fraction of sp³-hybridized carbons (Fsp3) is 0.111. The topological polar surface area (TPSA) is 46.9 Å². The first-order chi connectivity index (χ1) is 11.6. The largest absolute Gasteiger partial charge is 0.329 e. The van der Waals surface area contributed by atoms with Gasteiger partial charge < -0.3 is 9.88 Å². The number of amides is 1. The molecule has 1 aromatic heterocycles. The van der Waals surface area contributed by atoms with Gasteiger partial charge in [0.1, 0.15) is 0 Å². The van der Waals surface area contributed by atoms with Gasteiger partial charge in [0.15, 0.2) is 5.16 Å². The van der Waals surface area contributed by atoms with E-state index in [9.17, 15) is 4.79 Å². The Balaban J connectivity index is 1.73. The van der Waals surface area contributed by atoms with Crippen molar-refractivity contribution in [3.8, 4) is 0 Å². The molecule has 0 bridgehead atoms. The van der Waals surface area contributed by atoms with Gasteiger partial charge in [0, 0.05) is 28.8 Å². The Kier molecular flexibility index (Phi) is 5.37. The summed E-state index contributed by atoms with van der Waals surface area (Å²) in [6.07, 6.45) is 3.99. The highest BCUT2D eigenvalue weighted by Crippen LogP contribution is 2.32. The molecule has 0 aliphatic heterocycles. The van der Waals surface area contributed by atoms with Crippen molar-refractivity contribution in [2.24, 2.45) is 7.05 Å². The monoisotopic (exact) mass is 401 g/mol. The molecule has 0 atom stereocenters. The molecule has 0 fully saturated rings. The number of rotatable bonds is 5. The molecule has 24 heavy (non-hydrogen) atoms. The Labute approximate surface area is 153 Å². The SMILES string of the molecule is Cn1ccnc1Sc1ccccc1NC(=O)Cc1cccc(Br)c1. The number of imidazole rings is 1. The minimum atomic E-state index is -0.0407. The van der Waals surface area contributed by atoms with Crippen LogP contribution >= 0.6 is 27.7 Å². The molecule has 6 heteroatoms. The van der Waals surface area contributed by atoms with Gasteiger partial charge in [-0.15, -0.1) is 0 Å². The summed E-state index contributed by atoms with van der Waals surface area (Å²) in [5.74, 6) is -0.0407. The number of aromatic nitrogens is 2. The summed E-state index contributed by atoms with van der Waals surface area (Å²) >= 11 is 4.95. The molecule has 1 heterocycles.